The van der Waals surface area contributed by atoms with Gasteiger partial charge in [-0.15, -0.1) is 0 Å². The van der Waals surface area contributed by atoms with E-state index >= 15 is 0 Å². The molecule has 0 fully saturated rings. The monoisotopic (exact) mass is 470 g/mol. The van der Waals surface area contributed by atoms with E-state index in [9.17, 15) is 9.59 Å². The third kappa shape index (κ3) is 5.90. The molecular weight excluding hydrogens is 460 g/mol. The first-order valence-electron chi connectivity index (χ1n) is 5.64. The summed E-state index contributed by atoms with van der Waals surface area (Å²) >= 11 is 10.1. The highest BCUT2D eigenvalue weighted by atomic mass is 79.9. The molecule has 0 atom stereocenters. The van der Waals surface area contributed by atoms with Gasteiger partial charge in [0.15, 0.2) is 0 Å². The van der Waals surface area contributed by atoms with Crippen LogP contribution >= 0.6 is 47.8 Å². The van der Waals surface area contributed by atoms with Crippen molar-refractivity contribution in [1.82, 2.24) is 4.90 Å². The number of anilines is 1. The Morgan fingerprint density at radius 1 is 1.25 bits per heavy atom. The zero-order chi connectivity index (χ0) is 15.3. The minimum Gasteiger partial charge on any atom is -0.481 e. The number of benzene rings is 1. The maximum Gasteiger partial charge on any atom is 0.304 e. The van der Waals surface area contributed by atoms with Gasteiger partial charge in [-0.25, -0.2) is 0 Å². The Bertz CT molecular complexity index is 500. The maximum atomic E-state index is 11.9. The Labute approximate surface area is 142 Å². The predicted molar refractivity (Wildman–Crippen MR) is 87.9 cm³/mol. The number of carboxylic acids is 1. The molecule has 8 heteroatoms. The van der Waals surface area contributed by atoms with Crippen LogP contribution < -0.4 is 5.32 Å². The lowest BCUT2D eigenvalue weighted by atomic mass is 10.3. The molecule has 0 bridgehead atoms. The van der Waals surface area contributed by atoms with Gasteiger partial charge in [-0.1, -0.05) is 15.9 Å². The number of carbonyl (C=O) groups excluding carboxylic acids is 1. The summed E-state index contributed by atoms with van der Waals surface area (Å²) in [6, 6.07) is 3.66. The molecule has 0 saturated heterocycles. The molecule has 1 aromatic rings. The molecule has 0 aliphatic rings. The number of halogens is 3. The molecule has 0 radical (unpaired) electrons. The Hall–Kier alpha value is -0.440. The van der Waals surface area contributed by atoms with Crippen molar-refractivity contribution in [3.63, 3.8) is 0 Å². The number of rotatable bonds is 6. The largest absolute Gasteiger partial charge is 0.481 e. The van der Waals surface area contributed by atoms with Crippen LogP contribution in [0, 0.1) is 0 Å². The van der Waals surface area contributed by atoms with Gasteiger partial charge < -0.3 is 10.4 Å². The molecule has 0 aromatic heterocycles. The number of nitrogens with one attached hydrogen (secondary N) is 1. The molecule has 1 aromatic carbocycles. The van der Waals surface area contributed by atoms with Crippen molar-refractivity contribution in [3.05, 3.63) is 25.6 Å². The van der Waals surface area contributed by atoms with Crippen LogP contribution in [0.3, 0.4) is 0 Å². The fourth-order valence-electron chi connectivity index (χ4n) is 1.45. The minimum absolute atomic E-state index is 0.00938. The summed E-state index contributed by atoms with van der Waals surface area (Å²) in [4.78, 5) is 24.0. The number of likely N-dealkylation sites (N-methyl/N-ethyl adjacent to an activating group) is 1. The summed E-state index contributed by atoms with van der Waals surface area (Å²) in [7, 11) is 1.70. The van der Waals surface area contributed by atoms with Crippen LogP contribution in [-0.2, 0) is 9.59 Å². The number of amides is 1. The van der Waals surface area contributed by atoms with Gasteiger partial charge >= 0.3 is 5.97 Å². The number of hydrogen-bond acceptors (Lipinski definition) is 3. The average molecular weight is 473 g/mol. The first-order valence-corrected chi connectivity index (χ1v) is 8.02. The summed E-state index contributed by atoms with van der Waals surface area (Å²) in [6.07, 6.45) is 0.00938. The first kappa shape index (κ1) is 17.6. The highest BCUT2D eigenvalue weighted by molar-refractivity contribution is 9.11. The zero-order valence-electron chi connectivity index (χ0n) is 10.6. The maximum absolute atomic E-state index is 11.9. The first-order chi connectivity index (χ1) is 9.29. The molecule has 0 aliphatic heterocycles. The lowest BCUT2D eigenvalue weighted by Gasteiger charge is -2.16. The van der Waals surface area contributed by atoms with Gasteiger partial charge in [-0.3, -0.25) is 14.5 Å². The molecule has 0 saturated carbocycles. The van der Waals surface area contributed by atoms with Crippen molar-refractivity contribution >= 4 is 65.4 Å². The van der Waals surface area contributed by atoms with Crippen molar-refractivity contribution in [2.45, 2.75) is 6.42 Å². The molecular formula is C12H13Br3N2O3. The molecule has 110 valence electrons. The Morgan fingerprint density at radius 3 is 2.30 bits per heavy atom. The van der Waals surface area contributed by atoms with E-state index in [1.807, 2.05) is 12.1 Å². The Morgan fingerprint density at radius 2 is 1.80 bits per heavy atom. The molecule has 0 aliphatic carbocycles. The highest BCUT2D eigenvalue weighted by Crippen LogP contribution is 2.34. The van der Waals surface area contributed by atoms with E-state index < -0.39 is 5.97 Å². The topological polar surface area (TPSA) is 69.6 Å². The van der Waals surface area contributed by atoms with Crippen LogP contribution in [-0.4, -0.2) is 42.0 Å². The van der Waals surface area contributed by atoms with E-state index in [0.29, 0.717) is 12.2 Å². The highest BCUT2D eigenvalue weighted by Gasteiger charge is 2.12. The van der Waals surface area contributed by atoms with Gasteiger partial charge in [0.2, 0.25) is 5.91 Å². The van der Waals surface area contributed by atoms with Gasteiger partial charge in [0.05, 0.1) is 18.7 Å². The van der Waals surface area contributed by atoms with E-state index in [1.54, 1.807) is 11.9 Å². The van der Waals surface area contributed by atoms with Gasteiger partial charge in [-0.05, 0) is 51.0 Å². The Balaban J connectivity index is 2.61. The van der Waals surface area contributed by atoms with Crippen molar-refractivity contribution in [1.29, 1.82) is 0 Å². The fraction of sp³-hybridized carbons (Fsp3) is 0.333. The molecule has 1 rings (SSSR count). The van der Waals surface area contributed by atoms with E-state index in [1.165, 1.54) is 0 Å². The van der Waals surface area contributed by atoms with Gasteiger partial charge in [0.25, 0.3) is 0 Å². The van der Waals surface area contributed by atoms with Crippen molar-refractivity contribution in [3.8, 4) is 0 Å². The number of carbonyl (C=O) groups is 2. The summed E-state index contributed by atoms with van der Waals surface area (Å²) < 4.78 is 2.38. The van der Waals surface area contributed by atoms with Crippen LogP contribution in [0.2, 0.25) is 0 Å². The lowest BCUT2D eigenvalue weighted by molar-refractivity contribution is -0.137. The van der Waals surface area contributed by atoms with Crippen molar-refractivity contribution in [2.24, 2.45) is 0 Å². The molecule has 5 nitrogen and oxygen atoms in total. The third-order valence-corrected chi connectivity index (χ3v) is 4.10. The van der Waals surface area contributed by atoms with Gasteiger partial charge in [-0.2, -0.15) is 0 Å². The van der Waals surface area contributed by atoms with E-state index in [-0.39, 0.29) is 18.9 Å². The number of aliphatic carboxylic acids is 1. The van der Waals surface area contributed by atoms with E-state index in [4.69, 9.17) is 5.11 Å². The lowest BCUT2D eigenvalue weighted by Crippen LogP contribution is -2.31. The standard InChI is InChI=1S/C12H13Br3N2O3/c1-17(3-2-11(19)20)6-10(18)16-12-8(14)4-7(13)5-9(12)15/h4-5H,2-3,6H2,1H3,(H,16,18)(H,19,20). The third-order valence-electron chi connectivity index (χ3n) is 2.39. The number of nitrogens with zero attached hydrogens (tertiary/aromatic N) is 1. The van der Waals surface area contributed by atoms with Crippen LogP contribution in [0.4, 0.5) is 5.69 Å². The summed E-state index contributed by atoms with van der Waals surface area (Å²) in [6.45, 7) is 0.452. The summed E-state index contributed by atoms with van der Waals surface area (Å²) in [5.41, 5.74) is 0.643. The van der Waals surface area contributed by atoms with Gasteiger partial charge in [0.1, 0.15) is 0 Å². The van der Waals surface area contributed by atoms with Gasteiger partial charge in [0, 0.05) is 20.0 Å². The van der Waals surface area contributed by atoms with E-state index in [2.05, 4.69) is 53.1 Å². The van der Waals surface area contributed by atoms with Crippen molar-refractivity contribution < 1.29 is 14.7 Å². The quantitative estimate of drug-likeness (QED) is 0.666. The average Bonchev–Trinajstić information content (AvgIpc) is 2.31. The minimum atomic E-state index is -0.879. The summed E-state index contributed by atoms with van der Waals surface area (Å²) in [5.74, 6) is -1.09. The van der Waals surface area contributed by atoms with Crippen LogP contribution in [0.5, 0.6) is 0 Å². The van der Waals surface area contributed by atoms with Crippen LogP contribution in [0.15, 0.2) is 25.6 Å². The number of carboxylic acid groups (broad SMARTS) is 1. The zero-order valence-corrected chi connectivity index (χ0v) is 15.4. The molecule has 20 heavy (non-hydrogen) atoms. The number of hydrogen-bond donors (Lipinski definition) is 2. The second-order valence-corrected chi connectivity index (χ2v) is 6.80. The molecule has 0 heterocycles. The SMILES string of the molecule is CN(CCC(=O)O)CC(=O)Nc1c(Br)cc(Br)cc1Br. The van der Waals surface area contributed by atoms with Crippen LogP contribution in [0.25, 0.3) is 0 Å². The molecule has 2 N–H and O–H groups in total. The molecule has 0 spiro atoms. The summed E-state index contributed by atoms with van der Waals surface area (Å²) in [5, 5.41) is 11.4. The van der Waals surface area contributed by atoms with E-state index in [0.717, 1.165) is 13.4 Å². The second-order valence-electron chi connectivity index (χ2n) is 4.17. The molecule has 0 unspecified atom stereocenters. The van der Waals surface area contributed by atoms with Crippen LogP contribution in [0.1, 0.15) is 6.42 Å². The second kappa shape index (κ2) is 8.11. The van der Waals surface area contributed by atoms with Crippen molar-refractivity contribution in [2.75, 3.05) is 25.5 Å². The normalized spacial score (nSPS) is 10.7. The Kier molecular flexibility index (Phi) is 7.14. The molecule has 1 amide bonds. The fourth-order valence-corrected chi connectivity index (χ4v) is 3.91. The predicted octanol–water partition coefficient (Wildman–Crippen LogP) is 3.32. The smallest absolute Gasteiger partial charge is 0.304 e.